The molecule has 2 spiro atoms. The first-order valence-electron chi connectivity index (χ1n) is 9.74. The average molecular weight is 478 g/mol. The molecular weight excluding hydrogens is 457 g/mol. The molecule has 176 valence electrons. The van der Waals surface area contributed by atoms with E-state index in [1.54, 1.807) is 9.80 Å². The van der Waals surface area contributed by atoms with E-state index in [1.807, 2.05) is 0 Å². The molecule has 4 aliphatic rings. The molecule has 0 radical (unpaired) electrons. The topological polar surface area (TPSA) is 108 Å². The van der Waals surface area contributed by atoms with Gasteiger partial charge in [-0.05, 0) is 24.3 Å². The quantitative estimate of drug-likeness (QED) is 0.696. The van der Waals surface area contributed by atoms with Gasteiger partial charge in [0.1, 0.15) is 17.9 Å². The molecule has 0 aromatic heterocycles. The van der Waals surface area contributed by atoms with Gasteiger partial charge in [-0.15, -0.1) is 13.2 Å². The van der Waals surface area contributed by atoms with E-state index < -0.39 is 33.8 Å². The summed E-state index contributed by atoms with van der Waals surface area (Å²) in [6.07, 6.45) is -5.34. The summed E-state index contributed by atoms with van der Waals surface area (Å²) >= 11 is 0. The van der Waals surface area contributed by atoms with Crippen LogP contribution in [0.4, 0.5) is 22.8 Å². The zero-order valence-electron chi connectivity index (χ0n) is 16.6. The minimum atomic E-state index is -4.85. The fraction of sp³-hybridized carbons (Fsp3) is 0.556. The highest BCUT2D eigenvalue weighted by Gasteiger charge is 2.59. The zero-order chi connectivity index (χ0) is 22.9. The number of cyclic esters (lactones) is 1. The van der Waals surface area contributed by atoms with Crippen molar-refractivity contribution < 1.29 is 42.1 Å². The van der Waals surface area contributed by atoms with Crippen molar-refractivity contribution in [2.75, 3.05) is 45.9 Å². The Bertz CT molecular complexity index is 1060. The lowest BCUT2D eigenvalue weighted by molar-refractivity contribution is -0.274. The summed E-state index contributed by atoms with van der Waals surface area (Å²) in [4.78, 5) is 26.9. The molecule has 0 aliphatic carbocycles. The number of ether oxygens (including phenoxy) is 2. The van der Waals surface area contributed by atoms with Gasteiger partial charge in [0.15, 0.2) is 0 Å². The highest BCUT2D eigenvalue weighted by atomic mass is 32.2. The number of likely N-dealkylation sites (tertiary alicyclic amines) is 2. The molecule has 14 heteroatoms. The van der Waals surface area contributed by atoms with Gasteiger partial charge in [0, 0.05) is 33.0 Å². The third-order valence-corrected chi connectivity index (χ3v) is 7.95. The third kappa shape index (κ3) is 3.50. The number of alkyl halides is 3. The molecular formula is C18H21F3N4O6S. The van der Waals surface area contributed by atoms with E-state index in [0.717, 1.165) is 24.3 Å². The molecule has 0 atom stereocenters. The van der Waals surface area contributed by atoms with Crippen LogP contribution in [-0.4, -0.2) is 92.4 Å². The van der Waals surface area contributed by atoms with E-state index in [0.29, 0.717) is 26.2 Å². The van der Waals surface area contributed by atoms with E-state index in [1.165, 1.54) is 4.31 Å². The number of amides is 3. The van der Waals surface area contributed by atoms with Crippen LogP contribution >= 0.6 is 0 Å². The Morgan fingerprint density at radius 3 is 2.19 bits per heavy atom. The van der Waals surface area contributed by atoms with Crippen LogP contribution in [-0.2, 0) is 14.8 Å². The Labute approximate surface area is 182 Å². The van der Waals surface area contributed by atoms with E-state index in [4.69, 9.17) is 4.74 Å². The molecule has 4 fully saturated rings. The molecule has 5 rings (SSSR count). The van der Waals surface area contributed by atoms with Crippen molar-refractivity contribution in [1.82, 2.24) is 19.4 Å². The Hall–Kier alpha value is -2.74. The van der Waals surface area contributed by atoms with Gasteiger partial charge in [0.25, 0.3) is 0 Å². The molecule has 4 saturated heterocycles. The molecule has 1 N–H and O–H groups in total. The van der Waals surface area contributed by atoms with E-state index >= 15 is 0 Å². The van der Waals surface area contributed by atoms with Crippen LogP contribution in [0.15, 0.2) is 29.2 Å². The van der Waals surface area contributed by atoms with Crippen molar-refractivity contribution in [2.45, 2.75) is 16.8 Å². The first kappa shape index (κ1) is 21.1. The molecule has 10 nitrogen and oxygen atoms in total. The standard InChI is InChI=1S/C18H19F3N4O6S.H2/c19-18(20,21)31-12-1-3-13(4-2-12)32(28,29)25-7-16(8-25)5-23(6-16)15(27)24-9-17(10-24)11-30-14(26)22-17;/h1-4H,5-11H2,(H,22,26);1H. The molecule has 32 heavy (non-hydrogen) atoms. The van der Waals surface area contributed by atoms with Crippen LogP contribution in [0.5, 0.6) is 5.75 Å². The predicted octanol–water partition coefficient (Wildman–Crippen LogP) is 1.05. The highest BCUT2D eigenvalue weighted by molar-refractivity contribution is 7.89. The fourth-order valence-corrected chi connectivity index (χ4v) is 6.28. The number of carbonyl (C=O) groups is 2. The summed E-state index contributed by atoms with van der Waals surface area (Å²) < 4.78 is 72.1. The second kappa shape index (κ2) is 6.63. The third-order valence-electron chi connectivity index (χ3n) is 6.15. The lowest BCUT2D eigenvalue weighted by Gasteiger charge is -2.60. The number of nitrogens with one attached hydrogen (secondary N) is 1. The largest absolute Gasteiger partial charge is 0.573 e. The number of carbonyl (C=O) groups excluding carboxylic acids is 2. The number of halogens is 3. The SMILES string of the molecule is O=C1NC2(CO1)CN(C(=O)N1CC3(C1)CN(S(=O)(=O)c1ccc(OC(F)(F)F)cc1)C3)C2.[HH]. The van der Waals surface area contributed by atoms with Gasteiger partial charge in [-0.2, -0.15) is 4.31 Å². The second-order valence-corrected chi connectivity index (χ2v) is 10.7. The van der Waals surface area contributed by atoms with Crippen LogP contribution in [0.1, 0.15) is 1.43 Å². The van der Waals surface area contributed by atoms with Crippen LogP contribution in [0.2, 0.25) is 0 Å². The van der Waals surface area contributed by atoms with Gasteiger partial charge in [-0.1, -0.05) is 0 Å². The van der Waals surface area contributed by atoms with Crippen LogP contribution in [0.25, 0.3) is 0 Å². The lowest BCUT2D eigenvalue weighted by Crippen LogP contribution is -2.77. The number of alkyl carbamates (subject to hydrolysis) is 1. The number of nitrogens with zero attached hydrogens (tertiary/aromatic N) is 3. The fourth-order valence-electron chi connectivity index (χ4n) is 4.62. The summed E-state index contributed by atoms with van der Waals surface area (Å²) in [5.74, 6) is -0.499. The number of hydrogen-bond acceptors (Lipinski definition) is 6. The van der Waals surface area contributed by atoms with Crippen LogP contribution in [0.3, 0.4) is 0 Å². The van der Waals surface area contributed by atoms with Gasteiger partial charge in [-0.25, -0.2) is 18.0 Å². The summed E-state index contributed by atoms with van der Waals surface area (Å²) in [7, 11) is -3.85. The van der Waals surface area contributed by atoms with Crippen molar-refractivity contribution in [3.05, 3.63) is 24.3 Å². The van der Waals surface area contributed by atoms with Gasteiger partial charge >= 0.3 is 18.5 Å². The van der Waals surface area contributed by atoms with Crippen molar-refractivity contribution in [3.63, 3.8) is 0 Å². The number of urea groups is 1. The van der Waals surface area contributed by atoms with Crippen LogP contribution < -0.4 is 10.1 Å². The Kier molecular flexibility index (Phi) is 4.38. The molecule has 3 amide bonds. The molecule has 1 aromatic rings. The number of benzene rings is 1. The van der Waals surface area contributed by atoms with E-state index in [9.17, 15) is 31.2 Å². The maximum Gasteiger partial charge on any atom is 0.573 e. The Morgan fingerprint density at radius 1 is 1.06 bits per heavy atom. The minimum absolute atomic E-state index is 0. The molecule has 0 saturated carbocycles. The monoisotopic (exact) mass is 478 g/mol. The van der Waals surface area contributed by atoms with Crippen molar-refractivity contribution in [3.8, 4) is 5.75 Å². The molecule has 0 unspecified atom stereocenters. The highest BCUT2D eigenvalue weighted by Crippen LogP contribution is 2.43. The van der Waals surface area contributed by atoms with Gasteiger partial charge in [0.05, 0.1) is 18.0 Å². The first-order valence-corrected chi connectivity index (χ1v) is 11.2. The molecule has 4 heterocycles. The molecule has 0 bridgehead atoms. The van der Waals surface area contributed by atoms with Crippen LogP contribution in [0, 0.1) is 5.41 Å². The minimum Gasteiger partial charge on any atom is -0.447 e. The van der Waals surface area contributed by atoms with Gasteiger partial charge in [0.2, 0.25) is 10.0 Å². The average Bonchev–Trinajstić information content (AvgIpc) is 2.99. The second-order valence-electron chi connectivity index (χ2n) is 8.77. The van der Waals surface area contributed by atoms with Gasteiger partial charge < -0.3 is 24.6 Å². The summed E-state index contributed by atoms with van der Waals surface area (Å²) in [6, 6.07) is 3.89. The van der Waals surface area contributed by atoms with Crippen molar-refractivity contribution in [2.24, 2.45) is 5.41 Å². The number of hydrogen-bond donors (Lipinski definition) is 1. The number of sulfonamides is 1. The smallest absolute Gasteiger partial charge is 0.447 e. The van der Waals surface area contributed by atoms with E-state index in [-0.39, 0.29) is 37.5 Å². The van der Waals surface area contributed by atoms with Gasteiger partial charge in [-0.3, -0.25) is 0 Å². The summed E-state index contributed by atoms with van der Waals surface area (Å²) in [5.41, 5.74) is -0.813. The summed E-state index contributed by atoms with van der Waals surface area (Å²) in [6.45, 7) is 2.27. The summed E-state index contributed by atoms with van der Waals surface area (Å²) in [5, 5.41) is 2.71. The predicted molar refractivity (Wildman–Crippen MR) is 102 cm³/mol. The molecule has 4 aliphatic heterocycles. The number of rotatable bonds is 3. The Balaban J connectivity index is 0.00000259. The lowest BCUT2D eigenvalue weighted by atomic mass is 9.74. The first-order chi connectivity index (χ1) is 14.9. The normalized spacial score (nSPS) is 23.8. The Morgan fingerprint density at radius 2 is 1.66 bits per heavy atom. The maximum atomic E-state index is 12.7. The van der Waals surface area contributed by atoms with Crippen molar-refractivity contribution in [1.29, 1.82) is 0 Å². The molecule has 1 aromatic carbocycles. The van der Waals surface area contributed by atoms with E-state index in [2.05, 4.69) is 10.1 Å². The zero-order valence-corrected chi connectivity index (χ0v) is 17.4. The maximum absolute atomic E-state index is 12.7. The van der Waals surface area contributed by atoms with Crippen molar-refractivity contribution >= 4 is 22.1 Å².